The van der Waals surface area contributed by atoms with E-state index >= 15 is 0 Å². The lowest BCUT2D eigenvalue weighted by atomic mass is 10.0. The van der Waals surface area contributed by atoms with Gasteiger partial charge in [-0.1, -0.05) is 18.2 Å². The molecule has 5 nitrogen and oxygen atoms in total. The number of benzene rings is 2. The molecule has 0 fully saturated rings. The van der Waals surface area contributed by atoms with E-state index < -0.39 is 0 Å². The van der Waals surface area contributed by atoms with Crippen LogP contribution >= 0.6 is 0 Å². The van der Waals surface area contributed by atoms with Gasteiger partial charge in [0.2, 0.25) is 0 Å². The molecule has 0 saturated carbocycles. The fourth-order valence-corrected chi connectivity index (χ4v) is 2.90. The molecule has 3 aromatic rings. The van der Waals surface area contributed by atoms with Crippen molar-refractivity contribution in [2.75, 3.05) is 12.8 Å². The van der Waals surface area contributed by atoms with Crippen LogP contribution in [0.15, 0.2) is 53.5 Å². The summed E-state index contributed by atoms with van der Waals surface area (Å²) in [6.07, 6.45) is 1.73. The minimum atomic E-state index is -0.147. The average Bonchev–Trinajstić information content (AvgIpc) is 2.61. The molecular formula is C21H22N2O3. The molecule has 0 aliphatic rings. The van der Waals surface area contributed by atoms with Crippen LogP contribution < -0.4 is 20.8 Å². The Labute approximate surface area is 152 Å². The molecule has 0 saturated heterocycles. The lowest BCUT2D eigenvalue weighted by Gasteiger charge is -2.17. The van der Waals surface area contributed by atoms with Crippen molar-refractivity contribution >= 4 is 5.69 Å². The minimum absolute atomic E-state index is 0.147. The van der Waals surface area contributed by atoms with E-state index in [-0.39, 0.29) is 5.56 Å². The molecule has 5 heteroatoms. The molecule has 0 atom stereocenters. The number of hydrogen-bond acceptors (Lipinski definition) is 4. The third-order valence-corrected chi connectivity index (χ3v) is 4.32. The number of hydrogen-bond donors (Lipinski definition) is 1. The number of rotatable bonds is 4. The first-order chi connectivity index (χ1) is 12.4. The maximum absolute atomic E-state index is 11.9. The van der Waals surface area contributed by atoms with E-state index in [4.69, 9.17) is 15.2 Å². The summed E-state index contributed by atoms with van der Waals surface area (Å²) >= 11 is 0. The van der Waals surface area contributed by atoms with Crippen molar-refractivity contribution in [1.29, 1.82) is 0 Å². The van der Waals surface area contributed by atoms with Gasteiger partial charge in [0, 0.05) is 36.1 Å². The second-order valence-corrected chi connectivity index (χ2v) is 6.28. The highest BCUT2D eigenvalue weighted by molar-refractivity contribution is 5.78. The summed E-state index contributed by atoms with van der Waals surface area (Å²) in [5, 5.41) is 0. The molecule has 1 heterocycles. The van der Waals surface area contributed by atoms with Gasteiger partial charge in [0.05, 0.1) is 7.11 Å². The van der Waals surface area contributed by atoms with Crippen LogP contribution in [0.2, 0.25) is 0 Å². The van der Waals surface area contributed by atoms with Gasteiger partial charge < -0.3 is 19.8 Å². The number of ether oxygens (including phenoxy) is 2. The smallest absolute Gasteiger partial charge is 0.254 e. The van der Waals surface area contributed by atoms with Crippen LogP contribution in [0.25, 0.3) is 11.1 Å². The topological polar surface area (TPSA) is 66.5 Å². The van der Waals surface area contributed by atoms with Gasteiger partial charge >= 0.3 is 0 Å². The number of methoxy groups -OCH3 is 1. The Hall–Kier alpha value is -3.21. The molecule has 1 aromatic heterocycles. The molecular weight excluding hydrogens is 328 g/mol. The zero-order valence-electron chi connectivity index (χ0n) is 15.4. The van der Waals surface area contributed by atoms with Crippen molar-refractivity contribution in [3.05, 3.63) is 70.1 Å². The highest BCUT2D eigenvalue weighted by atomic mass is 16.5. The van der Waals surface area contributed by atoms with Gasteiger partial charge in [-0.25, -0.2) is 0 Å². The number of aryl methyl sites for hydroxylation is 3. The third-order valence-electron chi connectivity index (χ3n) is 4.32. The van der Waals surface area contributed by atoms with Crippen LogP contribution in [0.1, 0.15) is 11.1 Å². The maximum Gasteiger partial charge on any atom is 0.254 e. The minimum Gasteiger partial charge on any atom is -0.496 e. The Morgan fingerprint density at radius 3 is 2.31 bits per heavy atom. The monoisotopic (exact) mass is 350 g/mol. The molecule has 0 aliphatic heterocycles. The van der Waals surface area contributed by atoms with E-state index in [0.29, 0.717) is 17.2 Å². The molecule has 0 bridgehead atoms. The molecule has 2 aromatic carbocycles. The van der Waals surface area contributed by atoms with Crippen LogP contribution in [0, 0.1) is 13.8 Å². The first kappa shape index (κ1) is 17.6. The van der Waals surface area contributed by atoms with Crippen molar-refractivity contribution in [1.82, 2.24) is 4.57 Å². The predicted octanol–water partition coefficient (Wildman–Crippen LogP) is 4.05. The maximum atomic E-state index is 11.9. The largest absolute Gasteiger partial charge is 0.496 e. The highest BCUT2D eigenvalue weighted by Gasteiger charge is 2.16. The normalized spacial score (nSPS) is 10.6. The number of nitrogens with two attached hydrogens (primary N) is 1. The Morgan fingerprint density at radius 1 is 0.962 bits per heavy atom. The van der Waals surface area contributed by atoms with Crippen molar-refractivity contribution in [3.63, 3.8) is 0 Å². The van der Waals surface area contributed by atoms with E-state index in [9.17, 15) is 4.79 Å². The first-order valence-corrected chi connectivity index (χ1v) is 8.29. The fourth-order valence-electron chi connectivity index (χ4n) is 2.90. The summed E-state index contributed by atoms with van der Waals surface area (Å²) in [6.45, 7) is 4.01. The molecule has 26 heavy (non-hydrogen) atoms. The molecule has 0 amide bonds. The van der Waals surface area contributed by atoms with Crippen LogP contribution in [-0.4, -0.2) is 11.7 Å². The second-order valence-electron chi connectivity index (χ2n) is 6.28. The van der Waals surface area contributed by atoms with Crippen LogP contribution in [0.3, 0.4) is 0 Å². The summed E-state index contributed by atoms with van der Waals surface area (Å²) in [4.78, 5) is 11.9. The Morgan fingerprint density at radius 2 is 1.65 bits per heavy atom. The fraction of sp³-hybridized carbons (Fsp3) is 0.190. The Balaban J connectivity index is 2.19. The zero-order chi connectivity index (χ0) is 18.8. The Bertz CT molecular complexity index is 1000. The third kappa shape index (κ3) is 3.28. The van der Waals surface area contributed by atoms with E-state index in [0.717, 1.165) is 28.0 Å². The standard InChI is InChI=1S/C21H22N2O3/c1-13-6-5-7-14(2)21(13)26-18-9-8-15(22)10-16(18)17-12-23(3)20(24)11-19(17)25-4/h5-12H,22H2,1-4H3. The quantitative estimate of drug-likeness (QED) is 0.721. The van der Waals surface area contributed by atoms with Crippen molar-refractivity contribution in [2.45, 2.75) is 13.8 Å². The summed E-state index contributed by atoms with van der Waals surface area (Å²) in [5.74, 6) is 1.93. The first-order valence-electron chi connectivity index (χ1n) is 8.29. The molecule has 0 aliphatic carbocycles. The van der Waals surface area contributed by atoms with Crippen molar-refractivity contribution < 1.29 is 9.47 Å². The molecule has 0 spiro atoms. The molecule has 134 valence electrons. The zero-order valence-corrected chi connectivity index (χ0v) is 15.4. The van der Waals surface area contributed by atoms with Gasteiger partial charge in [0.15, 0.2) is 0 Å². The number of aromatic nitrogens is 1. The van der Waals surface area contributed by atoms with E-state index in [1.54, 1.807) is 19.3 Å². The molecule has 0 radical (unpaired) electrons. The van der Waals surface area contributed by atoms with Gasteiger partial charge in [-0.15, -0.1) is 0 Å². The van der Waals surface area contributed by atoms with Gasteiger partial charge in [0.1, 0.15) is 17.2 Å². The second kappa shape index (κ2) is 6.96. The van der Waals surface area contributed by atoms with Gasteiger partial charge in [0.25, 0.3) is 5.56 Å². The summed E-state index contributed by atoms with van der Waals surface area (Å²) in [6, 6.07) is 12.9. The van der Waals surface area contributed by atoms with Crippen molar-refractivity contribution in [2.24, 2.45) is 7.05 Å². The summed E-state index contributed by atoms with van der Waals surface area (Å²) in [5.41, 5.74) is 10.1. The number of para-hydroxylation sites is 1. The number of anilines is 1. The highest BCUT2D eigenvalue weighted by Crippen LogP contribution is 2.40. The molecule has 3 rings (SSSR count). The summed E-state index contributed by atoms with van der Waals surface area (Å²) in [7, 11) is 3.24. The van der Waals surface area contributed by atoms with Crippen LogP contribution in [-0.2, 0) is 7.05 Å². The molecule has 0 unspecified atom stereocenters. The SMILES string of the molecule is COc1cc(=O)n(C)cc1-c1cc(N)ccc1Oc1c(C)cccc1C. The number of nitrogens with zero attached hydrogens (tertiary/aromatic N) is 1. The van der Waals surface area contributed by atoms with E-state index in [1.165, 1.54) is 17.7 Å². The predicted molar refractivity (Wildman–Crippen MR) is 104 cm³/mol. The lowest BCUT2D eigenvalue weighted by Crippen LogP contribution is -2.15. The van der Waals surface area contributed by atoms with E-state index in [1.807, 2.05) is 44.2 Å². The Kier molecular flexibility index (Phi) is 4.71. The van der Waals surface area contributed by atoms with Crippen LogP contribution in [0.5, 0.6) is 17.2 Å². The van der Waals surface area contributed by atoms with Crippen molar-refractivity contribution in [3.8, 4) is 28.4 Å². The number of nitrogen functional groups attached to an aromatic ring is 1. The van der Waals surface area contributed by atoms with E-state index in [2.05, 4.69) is 0 Å². The average molecular weight is 350 g/mol. The van der Waals surface area contributed by atoms with Crippen LogP contribution in [0.4, 0.5) is 5.69 Å². The van der Waals surface area contributed by atoms with Gasteiger partial charge in [-0.2, -0.15) is 0 Å². The van der Waals surface area contributed by atoms with Gasteiger partial charge in [-0.3, -0.25) is 4.79 Å². The lowest BCUT2D eigenvalue weighted by molar-refractivity contribution is 0.414. The number of pyridine rings is 1. The molecule has 2 N–H and O–H groups in total. The van der Waals surface area contributed by atoms with Gasteiger partial charge in [-0.05, 0) is 43.2 Å². The summed E-state index contributed by atoms with van der Waals surface area (Å²) < 4.78 is 13.2.